The number of esters is 1. The van der Waals surface area contributed by atoms with E-state index in [1.54, 1.807) is 0 Å². The highest BCUT2D eigenvalue weighted by Gasteiger charge is 2.17. The van der Waals surface area contributed by atoms with E-state index in [2.05, 4.69) is 9.46 Å². The zero-order valence-corrected chi connectivity index (χ0v) is 10.4. The van der Waals surface area contributed by atoms with Gasteiger partial charge in [0.2, 0.25) is 10.0 Å². The molecule has 1 rings (SSSR count). The van der Waals surface area contributed by atoms with Crippen molar-refractivity contribution in [2.45, 2.75) is 0 Å². The number of carbonyl (C=O) groups excluding carboxylic acids is 1. The number of sulfonamides is 1. The molecule has 0 amide bonds. The first-order chi connectivity index (χ1) is 7.84. The molecule has 0 saturated heterocycles. The third kappa shape index (κ3) is 4.12. The number of carbonyl (C=O) groups is 1. The van der Waals surface area contributed by atoms with Gasteiger partial charge in [-0.05, 0) is 12.1 Å². The Morgan fingerprint density at radius 2 is 2.18 bits per heavy atom. The molecule has 0 spiro atoms. The summed E-state index contributed by atoms with van der Waals surface area (Å²) in [7, 11) is -2.77. The van der Waals surface area contributed by atoms with Crippen molar-refractivity contribution in [3.05, 3.63) is 23.2 Å². The lowest BCUT2D eigenvalue weighted by atomic mass is 10.3. The van der Waals surface area contributed by atoms with Crippen molar-refractivity contribution in [3.8, 4) is 5.75 Å². The molecule has 0 aromatic heterocycles. The van der Waals surface area contributed by atoms with E-state index in [1.165, 1.54) is 12.1 Å². The SMILES string of the molecule is COC(=O)CS(=O)(=O)Nc1ccc(Cl)c(O)c1. The zero-order chi connectivity index (χ0) is 13.1. The number of hydrogen-bond donors (Lipinski definition) is 2. The van der Waals surface area contributed by atoms with E-state index in [-0.39, 0.29) is 16.5 Å². The Bertz CT molecular complexity index is 528. The molecule has 1 aromatic carbocycles. The molecule has 8 heteroatoms. The van der Waals surface area contributed by atoms with Crippen molar-refractivity contribution in [2.75, 3.05) is 17.6 Å². The molecule has 94 valence electrons. The average Bonchev–Trinajstić information content (AvgIpc) is 2.22. The number of halogens is 1. The maximum atomic E-state index is 11.4. The summed E-state index contributed by atoms with van der Waals surface area (Å²) in [6.45, 7) is 0. The van der Waals surface area contributed by atoms with E-state index >= 15 is 0 Å². The molecule has 0 unspecified atom stereocenters. The van der Waals surface area contributed by atoms with E-state index in [1.807, 2.05) is 0 Å². The quantitative estimate of drug-likeness (QED) is 0.801. The standard InChI is InChI=1S/C9H10ClNO5S/c1-16-9(13)5-17(14,15)11-6-2-3-7(10)8(12)4-6/h2-4,11-12H,5H2,1H3. The molecule has 0 aliphatic carbocycles. The summed E-state index contributed by atoms with van der Waals surface area (Å²) in [6, 6.07) is 3.82. The van der Waals surface area contributed by atoms with Crippen molar-refractivity contribution >= 4 is 33.3 Å². The molecule has 1 aromatic rings. The van der Waals surface area contributed by atoms with Crippen molar-refractivity contribution in [1.29, 1.82) is 0 Å². The number of phenols is 1. The predicted molar refractivity (Wildman–Crippen MR) is 62.5 cm³/mol. The summed E-state index contributed by atoms with van der Waals surface area (Å²) in [5.41, 5.74) is 0.107. The van der Waals surface area contributed by atoms with Gasteiger partial charge in [0.05, 0.1) is 17.8 Å². The minimum absolute atomic E-state index is 0.0981. The number of ether oxygens (including phenoxy) is 1. The second-order valence-corrected chi connectivity index (χ2v) is 5.23. The Hall–Kier alpha value is -1.47. The van der Waals surface area contributed by atoms with Crippen LogP contribution in [0.2, 0.25) is 5.02 Å². The van der Waals surface area contributed by atoms with Crippen molar-refractivity contribution in [1.82, 2.24) is 0 Å². The van der Waals surface area contributed by atoms with E-state index in [0.717, 1.165) is 13.2 Å². The number of anilines is 1. The van der Waals surface area contributed by atoms with Crippen molar-refractivity contribution in [2.24, 2.45) is 0 Å². The summed E-state index contributed by atoms with van der Waals surface area (Å²) < 4.78 is 29.2. The van der Waals surface area contributed by atoms with Gasteiger partial charge in [0, 0.05) is 6.07 Å². The minimum Gasteiger partial charge on any atom is -0.506 e. The first-order valence-corrected chi connectivity index (χ1v) is 6.43. The molecule has 0 radical (unpaired) electrons. The highest BCUT2D eigenvalue weighted by molar-refractivity contribution is 7.93. The van der Waals surface area contributed by atoms with Crippen LogP contribution >= 0.6 is 11.6 Å². The van der Waals surface area contributed by atoms with Gasteiger partial charge in [-0.15, -0.1) is 0 Å². The maximum Gasteiger partial charge on any atom is 0.322 e. The van der Waals surface area contributed by atoms with Crippen LogP contribution in [-0.2, 0) is 19.6 Å². The van der Waals surface area contributed by atoms with Crippen LogP contribution < -0.4 is 4.72 Å². The van der Waals surface area contributed by atoms with Gasteiger partial charge in [0.1, 0.15) is 5.75 Å². The smallest absolute Gasteiger partial charge is 0.322 e. The van der Waals surface area contributed by atoms with Gasteiger partial charge in [-0.1, -0.05) is 11.6 Å². The highest BCUT2D eigenvalue weighted by atomic mass is 35.5. The molecular weight excluding hydrogens is 270 g/mol. The topological polar surface area (TPSA) is 92.7 Å². The minimum atomic E-state index is -3.85. The fourth-order valence-electron chi connectivity index (χ4n) is 1.01. The van der Waals surface area contributed by atoms with Gasteiger partial charge < -0.3 is 9.84 Å². The highest BCUT2D eigenvalue weighted by Crippen LogP contribution is 2.26. The molecule has 0 aliphatic rings. The van der Waals surface area contributed by atoms with Crippen LogP contribution in [0.5, 0.6) is 5.75 Å². The van der Waals surface area contributed by atoms with Gasteiger partial charge in [-0.2, -0.15) is 0 Å². The van der Waals surface area contributed by atoms with Crippen molar-refractivity contribution in [3.63, 3.8) is 0 Å². The van der Waals surface area contributed by atoms with Crippen LogP contribution in [-0.4, -0.2) is 32.4 Å². The number of methoxy groups -OCH3 is 1. The van der Waals surface area contributed by atoms with E-state index in [9.17, 15) is 18.3 Å². The monoisotopic (exact) mass is 279 g/mol. The summed E-state index contributed by atoms with van der Waals surface area (Å²) in [5, 5.41) is 9.36. The van der Waals surface area contributed by atoms with Crippen LogP contribution in [0, 0.1) is 0 Å². The lowest BCUT2D eigenvalue weighted by Crippen LogP contribution is -2.23. The molecule has 6 nitrogen and oxygen atoms in total. The molecule has 0 aliphatic heterocycles. The normalized spacial score (nSPS) is 10.9. The number of benzene rings is 1. The molecule has 0 heterocycles. The van der Waals surface area contributed by atoms with E-state index in [0.29, 0.717) is 0 Å². The summed E-state index contributed by atoms with van der Waals surface area (Å²) >= 11 is 5.56. The van der Waals surface area contributed by atoms with Crippen LogP contribution in [0.25, 0.3) is 0 Å². The van der Waals surface area contributed by atoms with Gasteiger partial charge in [0.15, 0.2) is 5.75 Å². The molecular formula is C9H10ClNO5S. The fraction of sp³-hybridized carbons (Fsp3) is 0.222. The summed E-state index contributed by atoms with van der Waals surface area (Å²) in [4.78, 5) is 10.8. The first kappa shape index (κ1) is 13.6. The third-order valence-corrected chi connectivity index (χ3v) is 3.24. The van der Waals surface area contributed by atoms with Crippen molar-refractivity contribution < 1.29 is 23.1 Å². The number of phenolic OH excluding ortho intramolecular Hbond substituents is 1. The Labute approximate surface area is 103 Å². The second kappa shape index (κ2) is 5.24. The van der Waals surface area contributed by atoms with E-state index < -0.39 is 21.7 Å². The van der Waals surface area contributed by atoms with Crippen LogP contribution in [0.4, 0.5) is 5.69 Å². The molecule has 0 fully saturated rings. The van der Waals surface area contributed by atoms with Gasteiger partial charge in [0.25, 0.3) is 0 Å². The lowest BCUT2D eigenvalue weighted by Gasteiger charge is -2.07. The Morgan fingerprint density at radius 3 is 2.71 bits per heavy atom. The number of hydrogen-bond acceptors (Lipinski definition) is 5. The fourth-order valence-corrected chi connectivity index (χ4v) is 2.11. The average molecular weight is 280 g/mol. The second-order valence-electron chi connectivity index (χ2n) is 3.10. The van der Waals surface area contributed by atoms with Crippen LogP contribution in [0.1, 0.15) is 0 Å². The Kier molecular flexibility index (Phi) is 4.19. The molecule has 0 atom stereocenters. The van der Waals surface area contributed by atoms with Gasteiger partial charge in [-0.25, -0.2) is 8.42 Å². The zero-order valence-electron chi connectivity index (χ0n) is 8.81. The predicted octanol–water partition coefficient (Wildman–Crippen LogP) is 0.960. The molecule has 0 bridgehead atoms. The molecule has 2 N–H and O–H groups in total. The van der Waals surface area contributed by atoms with Gasteiger partial charge in [-0.3, -0.25) is 9.52 Å². The summed E-state index contributed by atoms with van der Waals surface area (Å²) in [6.07, 6.45) is 0. The number of rotatable bonds is 4. The first-order valence-electron chi connectivity index (χ1n) is 4.40. The number of aromatic hydroxyl groups is 1. The van der Waals surface area contributed by atoms with Crippen LogP contribution in [0.3, 0.4) is 0 Å². The lowest BCUT2D eigenvalue weighted by molar-refractivity contribution is -0.137. The van der Waals surface area contributed by atoms with E-state index in [4.69, 9.17) is 11.6 Å². The Morgan fingerprint density at radius 1 is 1.53 bits per heavy atom. The van der Waals surface area contributed by atoms with Gasteiger partial charge >= 0.3 is 5.97 Å². The molecule has 0 saturated carbocycles. The maximum absolute atomic E-state index is 11.4. The molecule has 17 heavy (non-hydrogen) atoms. The Balaban J connectivity index is 2.83. The number of nitrogens with one attached hydrogen (secondary N) is 1. The van der Waals surface area contributed by atoms with Crippen LogP contribution in [0.15, 0.2) is 18.2 Å². The third-order valence-electron chi connectivity index (χ3n) is 1.76. The summed E-state index contributed by atoms with van der Waals surface area (Å²) in [5.74, 6) is -1.94. The largest absolute Gasteiger partial charge is 0.506 e.